The molecule has 0 spiro atoms. The lowest BCUT2D eigenvalue weighted by Crippen LogP contribution is -2.34. The summed E-state index contributed by atoms with van der Waals surface area (Å²) in [5.74, 6) is 0.257. The Morgan fingerprint density at radius 3 is 2.30 bits per heavy atom. The van der Waals surface area contributed by atoms with Crippen LogP contribution in [-0.4, -0.2) is 44.5 Å². The van der Waals surface area contributed by atoms with Crippen molar-refractivity contribution < 1.29 is 23.5 Å². The first-order valence-corrected chi connectivity index (χ1v) is 8.61. The Bertz CT molecular complexity index is 741. The Morgan fingerprint density at radius 1 is 0.926 bits per heavy atom. The first kappa shape index (κ1) is 20.0. The number of hydrogen-bond acceptors (Lipinski definition) is 5. The summed E-state index contributed by atoms with van der Waals surface area (Å²) in [7, 11) is 1.56. The predicted molar refractivity (Wildman–Crippen MR) is 98.6 cm³/mol. The summed E-state index contributed by atoms with van der Waals surface area (Å²) in [4.78, 5) is 35.3. The Balaban J connectivity index is 1.53. The average Bonchev–Trinajstić information content (AvgIpc) is 3.23. The molecule has 0 aliphatic carbocycles. The molecule has 8 heteroatoms. The van der Waals surface area contributed by atoms with Crippen LogP contribution in [0.15, 0.2) is 47.1 Å². The van der Waals surface area contributed by atoms with E-state index in [1.807, 2.05) is 0 Å². The number of benzene rings is 1. The van der Waals surface area contributed by atoms with Crippen LogP contribution in [0.25, 0.3) is 0 Å². The van der Waals surface area contributed by atoms with E-state index in [-0.39, 0.29) is 29.9 Å². The number of rotatable bonds is 10. The van der Waals surface area contributed by atoms with Crippen LogP contribution >= 0.6 is 0 Å². The molecule has 0 aliphatic rings. The highest BCUT2D eigenvalue weighted by Gasteiger charge is 2.08. The van der Waals surface area contributed by atoms with Gasteiger partial charge in [-0.2, -0.15) is 0 Å². The SMILES string of the molecule is COc1ccc(C(=O)NCCCC(=O)NCCNC(=O)c2ccco2)cc1. The molecule has 1 heterocycles. The quantitative estimate of drug-likeness (QED) is 0.545. The molecule has 1 aromatic heterocycles. The van der Waals surface area contributed by atoms with Crippen LogP contribution in [0.1, 0.15) is 33.8 Å². The molecule has 27 heavy (non-hydrogen) atoms. The van der Waals surface area contributed by atoms with Crippen LogP contribution < -0.4 is 20.7 Å². The highest BCUT2D eigenvalue weighted by atomic mass is 16.5. The first-order chi connectivity index (χ1) is 13.1. The van der Waals surface area contributed by atoms with Gasteiger partial charge in [-0.25, -0.2) is 0 Å². The van der Waals surface area contributed by atoms with Crippen molar-refractivity contribution in [1.29, 1.82) is 0 Å². The number of furan rings is 1. The number of nitrogens with one attached hydrogen (secondary N) is 3. The van der Waals surface area contributed by atoms with E-state index in [0.717, 1.165) is 0 Å². The number of methoxy groups -OCH3 is 1. The summed E-state index contributed by atoms with van der Waals surface area (Å²) < 4.78 is 10.0. The van der Waals surface area contributed by atoms with Gasteiger partial charge in [-0.15, -0.1) is 0 Å². The molecule has 0 unspecified atom stereocenters. The Kier molecular flexibility index (Phi) is 7.90. The van der Waals surface area contributed by atoms with Crippen molar-refractivity contribution in [1.82, 2.24) is 16.0 Å². The van der Waals surface area contributed by atoms with Crippen molar-refractivity contribution in [2.45, 2.75) is 12.8 Å². The maximum absolute atomic E-state index is 12.0. The largest absolute Gasteiger partial charge is 0.497 e. The van der Waals surface area contributed by atoms with Gasteiger partial charge in [-0.1, -0.05) is 0 Å². The molecule has 2 rings (SSSR count). The minimum atomic E-state index is -0.324. The van der Waals surface area contributed by atoms with Crippen LogP contribution in [0.3, 0.4) is 0 Å². The van der Waals surface area contributed by atoms with E-state index in [9.17, 15) is 14.4 Å². The van der Waals surface area contributed by atoms with Gasteiger partial charge in [-0.05, 0) is 42.8 Å². The summed E-state index contributed by atoms with van der Waals surface area (Å²) in [5, 5.41) is 8.10. The Labute approximate surface area is 157 Å². The summed E-state index contributed by atoms with van der Waals surface area (Å²) in [6.07, 6.45) is 2.23. The standard InChI is InChI=1S/C19H23N3O5/c1-26-15-8-6-14(7-9-15)18(24)21-10-2-5-17(23)20-11-12-22-19(25)16-4-3-13-27-16/h3-4,6-9,13H,2,5,10-12H2,1H3,(H,20,23)(H,21,24)(H,22,25). The molecule has 3 N–H and O–H groups in total. The fourth-order valence-electron chi connectivity index (χ4n) is 2.26. The monoisotopic (exact) mass is 373 g/mol. The average molecular weight is 373 g/mol. The molecule has 144 valence electrons. The van der Waals surface area contributed by atoms with E-state index in [2.05, 4.69) is 16.0 Å². The van der Waals surface area contributed by atoms with Gasteiger partial charge in [0.2, 0.25) is 5.91 Å². The van der Waals surface area contributed by atoms with E-state index in [4.69, 9.17) is 9.15 Å². The molecular weight excluding hydrogens is 350 g/mol. The lowest BCUT2D eigenvalue weighted by Gasteiger charge is -2.07. The van der Waals surface area contributed by atoms with Gasteiger partial charge in [0.05, 0.1) is 13.4 Å². The number of carbonyl (C=O) groups is 3. The third kappa shape index (κ3) is 6.85. The minimum Gasteiger partial charge on any atom is -0.497 e. The molecule has 1 aromatic carbocycles. The van der Waals surface area contributed by atoms with Crippen molar-refractivity contribution in [3.63, 3.8) is 0 Å². The van der Waals surface area contributed by atoms with Gasteiger partial charge in [0.15, 0.2) is 5.76 Å². The molecule has 0 saturated carbocycles. The van der Waals surface area contributed by atoms with Crippen LogP contribution in [0.2, 0.25) is 0 Å². The number of ether oxygens (including phenoxy) is 1. The molecule has 8 nitrogen and oxygen atoms in total. The fraction of sp³-hybridized carbons (Fsp3) is 0.316. The maximum atomic E-state index is 12.0. The lowest BCUT2D eigenvalue weighted by molar-refractivity contribution is -0.121. The second kappa shape index (κ2) is 10.6. The Morgan fingerprint density at radius 2 is 1.63 bits per heavy atom. The fourth-order valence-corrected chi connectivity index (χ4v) is 2.26. The van der Waals surface area contributed by atoms with Gasteiger partial charge in [-0.3, -0.25) is 14.4 Å². The molecule has 0 bridgehead atoms. The van der Waals surface area contributed by atoms with Crippen molar-refractivity contribution in [2.75, 3.05) is 26.7 Å². The zero-order valence-corrected chi connectivity index (χ0v) is 15.1. The first-order valence-electron chi connectivity index (χ1n) is 8.61. The normalized spacial score (nSPS) is 10.1. The van der Waals surface area contributed by atoms with Crippen molar-refractivity contribution in [2.24, 2.45) is 0 Å². The molecular formula is C19H23N3O5. The second-order valence-electron chi connectivity index (χ2n) is 5.67. The van der Waals surface area contributed by atoms with Gasteiger partial charge in [0.1, 0.15) is 5.75 Å². The lowest BCUT2D eigenvalue weighted by atomic mass is 10.2. The molecule has 0 radical (unpaired) electrons. The zero-order chi connectivity index (χ0) is 19.5. The molecule has 0 saturated heterocycles. The third-order valence-corrected chi connectivity index (χ3v) is 3.70. The molecule has 3 amide bonds. The third-order valence-electron chi connectivity index (χ3n) is 3.70. The van der Waals surface area contributed by atoms with Gasteiger partial charge in [0.25, 0.3) is 11.8 Å². The van der Waals surface area contributed by atoms with E-state index < -0.39 is 0 Å². The molecule has 0 aliphatic heterocycles. The predicted octanol–water partition coefficient (Wildman–Crippen LogP) is 1.34. The van der Waals surface area contributed by atoms with Gasteiger partial charge >= 0.3 is 0 Å². The summed E-state index contributed by atoms with van der Waals surface area (Å²) in [6.45, 7) is 1.02. The van der Waals surface area contributed by atoms with Crippen LogP contribution in [0, 0.1) is 0 Å². The van der Waals surface area contributed by atoms with Crippen molar-refractivity contribution in [3.05, 3.63) is 54.0 Å². The Hall–Kier alpha value is -3.29. The second-order valence-corrected chi connectivity index (χ2v) is 5.67. The smallest absolute Gasteiger partial charge is 0.287 e. The summed E-state index contributed by atoms with van der Waals surface area (Å²) in [6, 6.07) is 9.98. The number of hydrogen-bond donors (Lipinski definition) is 3. The molecule has 2 aromatic rings. The van der Waals surface area contributed by atoms with E-state index >= 15 is 0 Å². The van der Waals surface area contributed by atoms with Crippen LogP contribution in [0.4, 0.5) is 0 Å². The van der Waals surface area contributed by atoms with Crippen molar-refractivity contribution >= 4 is 17.7 Å². The maximum Gasteiger partial charge on any atom is 0.287 e. The van der Waals surface area contributed by atoms with Crippen LogP contribution in [0.5, 0.6) is 5.75 Å². The summed E-state index contributed by atoms with van der Waals surface area (Å²) >= 11 is 0. The summed E-state index contributed by atoms with van der Waals surface area (Å²) in [5.41, 5.74) is 0.535. The molecule has 0 fully saturated rings. The van der Waals surface area contributed by atoms with Gasteiger partial charge in [0, 0.05) is 31.6 Å². The topological polar surface area (TPSA) is 110 Å². The highest BCUT2D eigenvalue weighted by molar-refractivity contribution is 5.94. The van der Waals surface area contributed by atoms with E-state index in [1.54, 1.807) is 43.5 Å². The number of carbonyl (C=O) groups excluding carboxylic acids is 3. The van der Waals surface area contributed by atoms with E-state index in [1.165, 1.54) is 6.26 Å². The van der Waals surface area contributed by atoms with E-state index in [0.29, 0.717) is 37.4 Å². The van der Waals surface area contributed by atoms with Gasteiger partial charge < -0.3 is 25.1 Å². The van der Waals surface area contributed by atoms with Crippen LogP contribution in [-0.2, 0) is 4.79 Å². The van der Waals surface area contributed by atoms with Crippen molar-refractivity contribution in [3.8, 4) is 5.75 Å². The minimum absolute atomic E-state index is 0.138. The zero-order valence-electron chi connectivity index (χ0n) is 15.1. The molecule has 0 atom stereocenters. The highest BCUT2D eigenvalue weighted by Crippen LogP contribution is 2.11. The number of amides is 3.